The van der Waals surface area contributed by atoms with Gasteiger partial charge in [-0.3, -0.25) is 0 Å². The molecule has 1 atom stereocenters. The molecule has 2 aromatic carbocycles. The first-order valence-electron chi connectivity index (χ1n) is 7.38. The van der Waals surface area contributed by atoms with Crippen molar-refractivity contribution >= 4 is 10.0 Å². The Morgan fingerprint density at radius 1 is 1.08 bits per heavy atom. The molecule has 0 aliphatic carbocycles. The molecule has 0 amide bonds. The van der Waals surface area contributed by atoms with E-state index in [9.17, 15) is 17.2 Å². The van der Waals surface area contributed by atoms with Crippen LogP contribution in [0.15, 0.2) is 47.4 Å². The van der Waals surface area contributed by atoms with Crippen LogP contribution in [0.1, 0.15) is 17.2 Å². The topological polar surface area (TPSA) is 49.4 Å². The van der Waals surface area contributed by atoms with Gasteiger partial charge in [0.2, 0.25) is 10.0 Å². The normalized spacial score (nSPS) is 13.2. The van der Waals surface area contributed by atoms with Crippen LogP contribution in [0.5, 0.6) is 0 Å². The van der Waals surface area contributed by atoms with Crippen molar-refractivity contribution in [3.8, 4) is 0 Å². The summed E-state index contributed by atoms with van der Waals surface area (Å²) in [5.41, 5.74) is 0.994. The lowest BCUT2D eigenvalue weighted by Crippen LogP contribution is -2.34. The van der Waals surface area contributed by atoms with Crippen molar-refractivity contribution in [1.82, 2.24) is 9.62 Å². The predicted molar refractivity (Wildman–Crippen MR) is 89.2 cm³/mol. The zero-order chi connectivity index (χ0) is 17.9. The van der Waals surface area contributed by atoms with Crippen LogP contribution in [-0.4, -0.2) is 34.0 Å². The second kappa shape index (κ2) is 7.38. The van der Waals surface area contributed by atoms with Gasteiger partial charge in [0, 0.05) is 12.6 Å². The molecular weight excluding hydrogens is 334 g/mol. The molecule has 0 aromatic heterocycles. The first-order valence-corrected chi connectivity index (χ1v) is 8.87. The Bertz CT molecular complexity index is 823. The van der Waals surface area contributed by atoms with Gasteiger partial charge in [0.15, 0.2) is 0 Å². The second-order valence-electron chi connectivity index (χ2n) is 5.80. The van der Waals surface area contributed by atoms with Crippen LogP contribution >= 0.6 is 0 Å². The van der Waals surface area contributed by atoms with Crippen molar-refractivity contribution in [1.29, 1.82) is 0 Å². The highest BCUT2D eigenvalue weighted by atomic mass is 32.2. The lowest BCUT2D eigenvalue weighted by Gasteiger charge is -2.25. The summed E-state index contributed by atoms with van der Waals surface area (Å²) in [6.45, 7) is 1.60. The average molecular weight is 354 g/mol. The Kier molecular flexibility index (Phi) is 5.69. The van der Waals surface area contributed by atoms with Crippen molar-refractivity contribution in [2.24, 2.45) is 0 Å². The molecule has 2 aromatic rings. The van der Waals surface area contributed by atoms with Crippen molar-refractivity contribution in [3.63, 3.8) is 0 Å². The van der Waals surface area contributed by atoms with Crippen molar-refractivity contribution in [2.45, 2.75) is 17.9 Å². The smallest absolute Gasteiger partial charge is 0.240 e. The van der Waals surface area contributed by atoms with Crippen LogP contribution in [0.25, 0.3) is 0 Å². The van der Waals surface area contributed by atoms with Gasteiger partial charge < -0.3 is 4.90 Å². The molecule has 1 N–H and O–H groups in total. The van der Waals surface area contributed by atoms with Gasteiger partial charge in [0.1, 0.15) is 11.6 Å². The van der Waals surface area contributed by atoms with Gasteiger partial charge in [-0.05, 0) is 62.5 Å². The summed E-state index contributed by atoms with van der Waals surface area (Å²) in [6.07, 6.45) is 0. The minimum Gasteiger partial charge on any atom is -0.301 e. The molecule has 0 saturated heterocycles. The van der Waals surface area contributed by atoms with E-state index in [-0.39, 0.29) is 23.3 Å². The lowest BCUT2D eigenvalue weighted by atomic mass is 10.1. The molecular formula is C17H20F2N2O2S. The van der Waals surface area contributed by atoms with E-state index in [1.165, 1.54) is 31.2 Å². The first-order chi connectivity index (χ1) is 11.2. The molecule has 0 fully saturated rings. The summed E-state index contributed by atoms with van der Waals surface area (Å²) in [7, 11) is -0.222. The van der Waals surface area contributed by atoms with E-state index < -0.39 is 15.8 Å². The maximum atomic E-state index is 13.4. The zero-order valence-corrected chi connectivity index (χ0v) is 14.6. The summed E-state index contributed by atoms with van der Waals surface area (Å²) in [4.78, 5) is 1.83. The Morgan fingerprint density at radius 2 is 1.75 bits per heavy atom. The number of hydrogen-bond acceptors (Lipinski definition) is 3. The van der Waals surface area contributed by atoms with Crippen LogP contribution in [-0.2, 0) is 10.0 Å². The maximum absolute atomic E-state index is 13.4. The van der Waals surface area contributed by atoms with E-state index in [4.69, 9.17) is 0 Å². The quantitative estimate of drug-likeness (QED) is 0.868. The predicted octanol–water partition coefficient (Wildman–Crippen LogP) is 2.85. The number of sulfonamides is 1. The molecule has 130 valence electrons. The Hall–Kier alpha value is -1.83. The van der Waals surface area contributed by atoms with E-state index in [0.717, 1.165) is 6.07 Å². The van der Waals surface area contributed by atoms with Crippen LogP contribution in [0.4, 0.5) is 8.78 Å². The molecule has 0 saturated carbocycles. The number of nitrogens with one attached hydrogen (secondary N) is 1. The van der Waals surface area contributed by atoms with E-state index >= 15 is 0 Å². The van der Waals surface area contributed by atoms with Crippen LogP contribution < -0.4 is 4.72 Å². The van der Waals surface area contributed by atoms with Gasteiger partial charge in [0.05, 0.1) is 4.90 Å². The number of halogens is 2. The SMILES string of the molecule is Cc1cc(F)ccc1S(=O)(=O)NCC(c1cccc(F)c1)N(C)C. The molecule has 2 rings (SSSR count). The molecule has 24 heavy (non-hydrogen) atoms. The van der Waals surface area contributed by atoms with Crippen molar-refractivity contribution in [2.75, 3.05) is 20.6 Å². The van der Waals surface area contributed by atoms with Gasteiger partial charge in [0.25, 0.3) is 0 Å². The highest BCUT2D eigenvalue weighted by Crippen LogP contribution is 2.20. The van der Waals surface area contributed by atoms with E-state index in [2.05, 4.69) is 4.72 Å². The minimum absolute atomic E-state index is 0.0284. The van der Waals surface area contributed by atoms with E-state index in [1.54, 1.807) is 31.1 Å². The van der Waals surface area contributed by atoms with E-state index in [1.807, 2.05) is 0 Å². The Balaban J connectivity index is 2.22. The van der Waals surface area contributed by atoms with Gasteiger partial charge in [-0.15, -0.1) is 0 Å². The van der Waals surface area contributed by atoms with Crippen molar-refractivity contribution < 1.29 is 17.2 Å². The number of likely N-dealkylation sites (N-methyl/N-ethyl adjacent to an activating group) is 1. The molecule has 0 heterocycles. The maximum Gasteiger partial charge on any atom is 0.240 e. The molecule has 0 aliphatic rings. The number of benzene rings is 2. The van der Waals surface area contributed by atoms with Gasteiger partial charge in [-0.2, -0.15) is 0 Å². The lowest BCUT2D eigenvalue weighted by molar-refractivity contribution is 0.299. The summed E-state index contributed by atoms with van der Waals surface area (Å²) in [5.74, 6) is -0.867. The average Bonchev–Trinajstić information content (AvgIpc) is 2.46. The van der Waals surface area contributed by atoms with E-state index in [0.29, 0.717) is 11.1 Å². The van der Waals surface area contributed by atoms with Crippen LogP contribution in [0, 0.1) is 18.6 Å². The fourth-order valence-electron chi connectivity index (χ4n) is 2.49. The molecule has 0 spiro atoms. The number of aryl methyl sites for hydroxylation is 1. The first kappa shape index (κ1) is 18.5. The molecule has 0 radical (unpaired) electrons. The van der Waals surface area contributed by atoms with Gasteiger partial charge in [-0.1, -0.05) is 12.1 Å². The van der Waals surface area contributed by atoms with Gasteiger partial charge >= 0.3 is 0 Å². The molecule has 1 unspecified atom stereocenters. The third-order valence-corrected chi connectivity index (χ3v) is 5.33. The Morgan fingerprint density at radius 3 is 2.33 bits per heavy atom. The van der Waals surface area contributed by atoms with Crippen molar-refractivity contribution in [3.05, 3.63) is 65.2 Å². The summed E-state index contributed by atoms with van der Waals surface area (Å²) in [5, 5.41) is 0. The monoisotopic (exact) mass is 354 g/mol. The second-order valence-corrected chi connectivity index (χ2v) is 7.53. The highest BCUT2D eigenvalue weighted by molar-refractivity contribution is 7.89. The van der Waals surface area contributed by atoms with Gasteiger partial charge in [-0.25, -0.2) is 21.9 Å². The largest absolute Gasteiger partial charge is 0.301 e. The number of hydrogen-bond donors (Lipinski definition) is 1. The summed E-state index contributed by atoms with van der Waals surface area (Å²) < 4.78 is 54.0. The van der Waals surface area contributed by atoms with Crippen LogP contribution in [0.2, 0.25) is 0 Å². The number of nitrogens with zero attached hydrogens (tertiary/aromatic N) is 1. The fourth-order valence-corrected chi connectivity index (χ4v) is 3.76. The van der Waals surface area contributed by atoms with Crippen LogP contribution in [0.3, 0.4) is 0 Å². The third-order valence-electron chi connectivity index (χ3n) is 3.75. The number of rotatable bonds is 6. The Labute approximate surface area is 141 Å². The third kappa shape index (κ3) is 4.37. The zero-order valence-electron chi connectivity index (χ0n) is 13.8. The summed E-state index contributed by atoms with van der Waals surface area (Å²) in [6, 6.07) is 9.22. The standard InChI is InChI=1S/C17H20F2N2O2S/c1-12-9-15(19)7-8-17(12)24(22,23)20-11-16(21(2)3)13-5-4-6-14(18)10-13/h4-10,16,20H,11H2,1-3H3. The molecule has 0 bridgehead atoms. The molecule has 4 nitrogen and oxygen atoms in total. The molecule has 0 aliphatic heterocycles. The summed E-state index contributed by atoms with van der Waals surface area (Å²) >= 11 is 0. The highest BCUT2D eigenvalue weighted by Gasteiger charge is 2.21. The minimum atomic E-state index is -3.79. The molecule has 7 heteroatoms. The fraction of sp³-hybridized carbons (Fsp3) is 0.294.